The first-order chi connectivity index (χ1) is 15.9. The van der Waals surface area contributed by atoms with Crippen molar-refractivity contribution in [3.63, 3.8) is 0 Å². The molecular weight excluding hydrogens is 473 g/mol. The fourth-order valence-electron chi connectivity index (χ4n) is 3.88. The van der Waals surface area contributed by atoms with Crippen molar-refractivity contribution in [1.82, 2.24) is 9.21 Å². The van der Waals surface area contributed by atoms with Gasteiger partial charge in [0.25, 0.3) is 0 Å². The van der Waals surface area contributed by atoms with Gasteiger partial charge >= 0.3 is 12.1 Å². The van der Waals surface area contributed by atoms with E-state index in [9.17, 15) is 31.2 Å². The third-order valence-corrected chi connectivity index (χ3v) is 7.66. The van der Waals surface area contributed by atoms with E-state index in [1.54, 1.807) is 17.0 Å². The second-order valence-corrected chi connectivity index (χ2v) is 9.91. The van der Waals surface area contributed by atoms with Crippen molar-refractivity contribution < 1.29 is 35.9 Å². The molecule has 184 valence electrons. The zero-order valence-corrected chi connectivity index (χ0v) is 19.5. The number of benzene rings is 2. The van der Waals surface area contributed by atoms with Gasteiger partial charge in [-0.25, -0.2) is 13.2 Å². The minimum Gasteiger partial charge on any atom is -0.465 e. The molecule has 0 aliphatic carbocycles. The van der Waals surface area contributed by atoms with Crippen molar-refractivity contribution in [3.05, 3.63) is 65.2 Å². The second kappa shape index (κ2) is 10.1. The molecule has 1 aliphatic heterocycles. The Bertz CT molecular complexity index is 1130. The molecule has 7 nitrogen and oxygen atoms in total. The molecular formula is C23H25F3N2O5S. The van der Waals surface area contributed by atoms with Gasteiger partial charge in [0, 0.05) is 32.6 Å². The SMILES string of the molecule is COC(=O)c1ccc(CN(C2CCCN(C(C)=O)C2)S(=O)(=O)c2ccc(C(F)(F)F)cc2)cc1. The zero-order valence-electron chi connectivity index (χ0n) is 18.7. The van der Waals surface area contributed by atoms with Gasteiger partial charge in [0.05, 0.1) is 23.1 Å². The first kappa shape index (κ1) is 25.7. The zero-order chi connectivity index (χ0) is 25.1. The molecule has 1 unspecified atom stereocenters. The van der Waals surface area contributed by atoms with Gasteiger partial charge in [-0.2, -0.15) is 17.5 Å². The number of sulfonamides is 1. The van der Waals surface area contributed by atoms with Crippen LogP contribution < -0.4 is 0 Å². The molecule has 2 aromatic carbocycles. The van der Waals surface area contributed by atoms with Crippen molar-refractivity contribution in [2.45, 2.75) is 43.4 Å². The molecule has 1 heterocycles. The lowest BCUT2D eigenvalue weighted by molar-refractivity contribution is -0.137. The molecule has 0 radical (unpaired) electrons. The number of carbonyl (C=O) groups is 2. The van der Waals surface area contributed by atoms with Crippen LogP contribution in [-0.2, 0) is 32.3 Å². The average Bonchev–Trinajstić information content (AvgIpc) is 2.82. The van der Waals surface area contributed by atoms with E-state index in [4.69, 9.17) is 0 Å². The van der Waals surface area contributed by atoms with Gasteiger partial charge in [-0.15, -0.1) is 0 Å². The Balaban J connectivity index is 1.96. The van der Waals surface area contributed by atoms with Crippen LogP contribution in [0.15, 0.2) is 53.4 Å². The summed E-state index contributed by atoms with van der Waals surface area (Å²) >= 11 is 0. The number of halogens is 3. The normalized spacial score (nSPS) is 17.0. The summed E-state index contributed by atoms with van der Waals surface area (Å²) in [5.41, 5.74) is -0.0799. The highest BCUT2D eigenvalue weighted by atomic mass is 32.2. The minimum atomic E-state index is -4.59. The Morgan fingerprint density at radius 2 is 1.71 bits per heavy atom. The second-order valence-electron chi connectivity index (χ2n) is 8.02. The van der Waals surface area contributed by atoms with E-state index in [1.807, 2.05) is 0 Å². The Kier molecular flexibility index (Phi) is 7.67. The van der Waals surface area contributed by atoms with Crippen LogP contribution in [-0.4, -0.2) is 55.7 Å². The monoisotopic (exact) mass is 498 g/mol. The Labute approximate surface area is 196 Å². The maximum Gasteiger partial charge on any atom is 0.416 e. The predicted molar refractivity (Wildman–Crippen MR) is 117 cm³/mol. The van der Waals surface area contributed by atoms with E-state index in [0.717, 1.165) is 24.3 Å². The number of ether oxygens (including phenoxy) is 1. The predicted octanol–water partition coefficient (Wildman–Crippen LogP) is 3.69. The lowest BCUT2D eigenvalue weighted by Crippen LogP contribution is -2.50. The lowest BCUT2D eigenvalue weighted by atomic mass is 10.0. The molecule has 0 aromatic heterocycles. The van der Waals surface area contributed by atoms with Gasteiger partial charge in [0.15, 0.2) is 0 Å². The molecule has 2 aromatic rings. The summed E-state index contributed by atoms with van der Waals surface area (Å²) < 4.78 is 71.9. The smallest absolute Gasteiger partial charge is 0.416 e. The van der Waals surface area contributed by atoms with E-state index in [2.05, 4.69) is 4.74 Å². The standard InChI is InChI=1S/C23H25F3N2O5S/c1-16(29)27-13-3-4-20(15-27)28(14-17-5-7-18(8-6-17)22(30)33-2)34(31,32)21-11-9-19(10-12-21)23(24,25)26/h5-12,20H,3-4,13-15H2,1-2H3. The number of nitrogens with zero attached hydrogens (tertiary/aromatic N) is 2. The van der Waals surface area contributed by atoms with Crippen LogP contribution in [0.4, 0.5) is 13.2 Å². The molecule has 3 rings (SSSR count). The molecule has 1 amide bonds. The van der Waals surface area contributed by atoms with E-state index in [1.165, 1.54) is 30.5 Å². The van der Waals surface area contributed by atoms with Crippen molar-refractivity contribution in [2.24, 2.45) is 0 Å². The largest absolute Gasteiger partial charge is 0.465 e. The van der Waals surface area contributed by atoms with Crippen molar-refractivity contribution in [3.8, 4) is 0 Å². The number of esters is 1. The van der Waals surface area contributed by atoms with Crippen LogP contribution in [0.2, 0.25) is 0 Å². The van der Waals surface area contributed by atoms with Gasteiger partial charge in [-0.1, -0.05) is 12.1 Å². The number of amides is 1. The van der Waals surface area contributed by atoms with Gasteiger partial charge in [-0.3, -0.25) is 4.79 Å². The number of rotatable bonds is 6. The summed E-state index contributed by atoms with van der Waals surface area (Å²) in [6.45, 7) is 2.01. The Morgan fingerprint density at radius 1 is 1.09 bits per heavy atom. The van der Waals surface area contributed by atoms with Crippen LogP contribution in [0.3, 0.4) is 0 Å². The summed E-state index contributed by atoms with van der Waals surface area (Å²) in [5.74, 6) is -0.718. The summed E-state index contributed by atoms with van der Waals surface area (Å²) in [7, 11) is -2.96. The lowest BCUT2D eigenvalue weighted by Gasteiger charge is -2.38. The molecule has 11 heteroatoms. The average molecular weight is 499 g/mol. The van der Waals surface area contributed by atoms with Crippen molar-refractivity contribution in [2.75, 3.05) is 20.2 Å². The third kappa shape index (κ3) is 5.76. The molecule has 34 heavy (non-hydrogen) atoms. The summed E-state index contributed by atoms with van der Waals surface area (Å²) in [5, 5.41) is 0. The number of alkyl halides is 3. The number of hydrogen-bond acceptors (Lipinski definition) is 5. The van der Waals surface area contributed by atoms with E-state index >= 15 is 0 Å². The topological polar surface area (TPSA) is 84.0 Å². The van der Waals surface area contributed by atoms with Crippen LogP contribution in [0.5, 0.6) is 0 Å². The van der Waals surface area contributed by atoms with Gasteiger partial charge in [0.1, 0.15) is 0 Å². The number of piperidine rings is 1. The van der Waals surface area contributed by atoms with Crippen molar-refractivity contribution in [1.29, 1.82) is 0 Å². The molecule has 1 fully saturated rings. The number of likely N-dealkylation sites (tertiary alicyclic amines) is 1. The van der Waals surface area contributed by atoms with Crippen LogP contribution in [0.25, 0.3) is 0 Å². The van der Waals surface area contributed by atoms with E-state index in [-0.39, 0.29) is 23.9 Å². The molecule has 0 bridgehead atoms. The van der Waals surface area contributed by atoms with Gasteiger partial charge in [-0.05, 0) is 54.8 Å². The number of methoxy groups -OCH3 is 1. The first-order valence-electron chi connectivity index (χ1n) is 10.6. The first-order valence-corrected chi connectivity index (χ1v) is 12.0. The molecule has 1 saturated heterocycles. The molecule has 1 aliphatic rings. The maximum atomic E-state index is 13.6. The molecule has 0 spiro atoms. The third-order valence-electron chi connectivity index (χ3n) is 5.75. The highest BCUT2D eigenvalue weighted by molar-refractivity contribution is 7.89. The van der Waals surface area contributed by atoms with E-state index in [0.29, 0.717) is 30.5 Å². The van der Waals surface area contributed by atoms with Crippen LogP contribution in [0, 0.1) is 0 Å². The minimum absolute atomic E-state index is 0.0821. The number of carbonyl (C=O) groups excluding carboxylic acids is 2. The van der Waals surface area contributed by atoms with E-state index < -0.39 is 33.8 Å². The van der Waals surface area contributed by atoms with Gasteiger partial charge < -0.3 is 9.64 Å². The quantitative estimate of drug-likeness (QED) is 0.568. The van der Waals surface area contributed by atoms with Gasteiger partial charge in [0.2, 0.25) is 15.9 Å². The molecule has 0 saturated carbocycles. The molecule has 1 atom stereocenters. The highest BCUT2D eigenvalue weighted by Gasteiger charge is 2.36. The van der Waals surface area contributed by atoms with Crippen LogP contribution >= 0.6 is 0 Å². The highest BCUT2D eigenvalue weighted by Crippen LogP contribution is 2.31. The fraction of sp³-hybridized carbons (Fsp3) is 0.391. The summed E-state index contributed by atoms with van der Waals surface area (Å²) in [6.07, 6.45) is -3.51. The summed E-state index contributed by atoms with van der Waals surface area (Å²) in [4.78, 5) is 24.9. The summed E-state index contributed by atoms with van der Waals surface area (Å²) in [6, 6.07) is 8.98. The maximum absolute atomic E-state index is 13.6. The number of hydrogen-bond donors (Lipinski definition) is 0. The Morgan fingerprint density at radius 3 is 2.24 bits per heavy atom. The fourth-order valence-corrected chi connectivity index (χ4v) is 5.52. The molecule has 0 N–H and O–H groups in total. The Hall–Kier alpha value is -2.92. The van der Waals surface area contributed by atoms with Crippen LogP contribution in [0.1, 0.15) is 41.3 Å². The van der Waals surface area contributed by atoms with Crippen molar-refractivity contribution >= 4 is 21.9 Å².